The summed E-state index contributed by atoms with van der Waals surface area (Å²) >= 11 is 11.7. The Kier molecular flexibility index (Phi) is 6.34. The second-order valence-corrected chi connectivity index (χ2v) is 9.56. The maximum absolute atomic E-state index is 12.7. The number of nitrogens with one attached hydrogen (secondary N) is 1. The van der Waals surface area contributed by atoms with Crippen LogP contribution in [0.15, 0.2) is 27.5 Å². The molecule has 0 aliphatic carbocycles. The summed E-state index contributed by atoms with van der Waals surface area (Å²) in [4.78, 5) is 18.6. The standard InChI is InChI=1S/C18H21Cl2N3O4S/c1-11-3-5-23(6-4-11)18(24)17-12(2)27-16(22-17)10-21-28(25,26)15-8-13(19)7-14(20)9-15/h7-9,11,21H,3-6,10H2,1-2H3. The van der Waals surface area contributed by atoms with Crippen molar-refractivity contribution in [1.29, 1.82) is 0 Å². The van der Waals surface area contributed by atoms with E-state index in [4.69, 9.17) is 27.6 Å². The maximum Gasteiger partial charge on any atom is 0.276 e. The SMILES string of the molecule is Cc1oc(CNS(=O)(=O)c2cc(Cl)cc(Cl)c2)nc1C(=O)N1CCC(C)CC1. The fraction of sp³-hybridized carbons (Fsp3) is 0.444. The molecule has 3 rings (SSSR count). The van der Waals surface area contributed by atoms with Gasteiger partial charge < -0.3 is 9.32 Å². The molecule has 0 unspecified atom stereocenters. The number of oxazole rings is 1. The number of aromatic nitrogens is 1. The third-order valence-electron chi connectivity index (χ3n) is 4.67. The number of carbonyl (C=O) groups excluding carboxylic acids is 1. The van der Waals surface area contributed by atoms with Crippen LogP contribution in [0.3, 0.4) is 0 Å². The molecule has 0 radical (unpaired) electrons. The number of rotatable bonds is 5. The molecule has 0 bridgehead atoms. The normalized spacial score (nSPS) is 15.8. The van der Waals surface area contributed by atoms with Gasteiger partial charge in [-0.05, 0) is 43.9 Å². The Morgan fingerprint density at radius 2 is 1.86 bits per heavy atom. The Hall–Kier alpha value is -1.61. The Bertz CT molecular complexity index is 962. The van der Waals surface area contributed by atoms with Crippen LogP contribution in [-0.2, 0) is 16.6 Å². The first-order valence-corrected chi connectivity index (χ1v) is 11.1. The number of likely N-dealkylation sites (tertiary alicyclic amines) is 1. The molecule has 1 saturated heterocycles. The van der Waals surface area contributed by atoms with Crippen molar-refractivity contribution >= 4 is 39.1 Å². The van der Waals surface area contributed by atoms with E-state index in [0.717, 1.165) is 12.8 Å². The van der Waals surface area contributed by atoms with Crippen LogP contribution in [0.1, 0.15) is 41.9 Å². The lowest BCUT2D eigenvalue weighted by Gasteiger charge is -2.29. The molecule has 1 aliphatic rings. The van der Waals surface area contributed by atoms with Gasteiger partial charge in [-0.3, -0.25) is 4.79 Å². The second kappa shape index (κ2) is 8.41. The van der Waals surface area contributed by atoms with Crippen molar-refractivity contribution < 1.29 is 17.6 Å². The van der Waals surface area contributed by atoms with E-state index in [9.17, 15) is 13.2 Å². The number of sulfonamides is 1. The highest BCUT2D eigenvalue weighted by Crippen LogP contribution is 2.23. The summed E-state index contributed by atoms with van der Waals surface area (Å²) in [6, 6.07) is 4.03. The molecular formula is C18H21Cl2N3O4S. The van der Waals surface area contributed by atoms with Crippen LogP contribution in [-0.4, -0.2) is 37.3 Å². The van der Waals surface area contributed by atoms with Crippen LogP contribution in [0, 0.1) is 12.8 Å². The van der Waals surface area contributed by atoms with E-state index in [1.54, 1.807) is 11.8 Å². The molecule has 1 aromatic carbocycles. The minimum atomic E-state index is -3.87. The van der Waals surface area contributed by atoms with Crippen LogP contribution in [0.5, 0.6) is 0 Å². The third kappa shape index (κ3) is 4.86. The molecular weight excluding hydrogens is 425 g/mol. The summed E-state index contributed by atoms with van der Waals surface area (Å²) in [7, 11) is -3.87. The molecule has 152 valence electrons. The number of halogens is 2. The van der Waals surface area contributed by atoms with Crippen LogP contribution in [0.25, 0.3) is 0 Å². The fourth-order valence-corrected chi connectivity index (χ4v) is 4.71. The Balaban J connectivity index is 1.70. The number of benzene rings is 1. The molecule has 7 nitrogen and oxygen atoms in total. The predicted molar refractivity (Wildman–Crippen MR) is 106 cm³/mol. The summed E-state index contributed by atoms with van der Waals surface area (Å²) in [5, 5.41) is 0.423. The summed E-state index contributed by atoms with van der Waals surface area (Å²) in [5.74, 6) is 0.892. The number of aryl methyl sites for hydroxylation is 1. The zero-order chi connectivity index (χ0) is 20.5. The molecule has 1 amide bonds. The van der Waals surface area contributed by atoms with E-state index in [0.29, 0.717) is 24.8 Å². The van der Waals surface area contributed by atoms with Gasteiger partial charge in [-0.15, -0.1) is 0 Å². The van der Waals surface area contributed by atoms with E-state index in [-0.39, 0.29) is 39.0 Å². The van der Waals surface area contributed by atoms with Crippen molar-refractivity contribution in [1.82, 2.24) is 14.6 Å². The number of nitrogens with zero attached hydrogens (tertiary/aromatic N) is 2. The number of hydrogen-bond acceptors (Lipinski definition) is 5. The number of piperidine rings is 1. The van der Waals surface area contributed by atoms with Crippen LogP contribution >= 0.6 is 23.2 Å². The number of hydrogen-bond donors (Lipinski definition) is 1. The molecule has 1 aromatic heterocycles. The smallest absolute Gasteiger partial charge is 0.276 e. The third-order valence-corrected chi connectivity index (χ3v) is 6.49. The van der Waals surface area contributed by atoms with E-state index >= 15 is 0 Å². The summed E-state index contributed by atoms with van der Waals surface area (Å²) in [6.07, 6.45) is 1.91. The zero-order valence-corrected chi connectivity index (χ0v) is 17.9. The maximum atomic E-state index is 12.7. The van der Waals surface area contributed by atoms with Gasteiger partial charge in [0.05, 0.1) is 11.4 Å². The first-order valence-electron chi connectivity index (χ1n) is 8.87. The van der Waals surface area contributed by atoms with E-state index in [1.165, 1.54) is 18.2 Å². The van der Waals surface area contributed by atoms with E-state index < -0.39 is 10.0 Å². The highest BCUT2D eigenvalue weighted by Gasteiger charge is 2.26. The molecule has 1 fully saturated rings. The first-order chi connectivity index (χ1) is 13.2. The second-order valence-electron chi connectivity index (χ2n) is 6.92. The average molecular weight is 446 g/mol. The minimum absolute atomic E-state index is 0.0629. The molecule has 2 aromatic rings. The van der Waals surface area contributed by atoms with Crippen molar-refractivity contribution in [2.75, 3.05) is 13.1 Å². The lowest BCUT2D eigenvalue weighted by Crippen LogP contribution is -2.38. The van der Waals surface area contributed by atoms with Crippen LogP contribution in [0.2, 0.25) is 10.0 Å². The van der Waals surface area contributed by atoms with Gasteiger partial charge in [0.15, 0.2) is 5.69 Å². The largest absolute Gasteiger partial charge is 0.444 e. The van der Waals surface area contributed by atoms with Crippen molar-refractivity contribution in [2.24, 2.45) is 5.92 Å². The van der Waals surface area contributed by atoms with E-state index in [1.807, 2.05) is 0 Å². The van der Waals surface area contributed by atoms with E-state index in [2.05, 4.69) is 16.6 Å². The quantitative estimate of drug-likeness (QED) is 0.757. The van der Waals surface area contributed by atoms with Gasteiger partial charge in [0, 0.05) is 23.1 Å². The number of amides is 1. The molecule has 1 aliphatic heterocycles. The molecule has 1 N–H and O–H groups in total. The lowest BCUT2D eigenvalue weighted by atomic mass is 9.99. The average Bonchev–Trinajstić information content (AvgIpc) is 3.00. The predicted octanol–water partition coefficient (Wildman–Crippen LogP) is 3.64. The minimum Gasteiger partial charge on any atom is -0.444 e. The van der Waals surface area contributed by atoms with Gasteiger partial charge in [0.2, 0.25) is 15.9 Å². The van der Waals surface area contributed by atoms with Crippen molar-refractivity contribution in [3.63, 3.8) is 0 Å². The Labute approximate surface area is 174 Å². The molecule has 2 heterocycles. The fourth-order valence-electron chi connectivity index (χ4n) is 3.01. The van der Waals surface area contributed by atoms with Gasteiger partial charge in [0.25, 0.3) is 5.91 Å². The molecule has 0 saturated carbocycles. The van der Waals surface area contributed by atoms with Gasteiger partial charge in [-0.25, -0.2) is 18.1 Å². The van der Waals surface area contributed by atoms with Crippen molar-refractivity contribution in [2.45, 2.75) is 38.1 Å². The Morgan fingerprint density at radius 1 is 1.25 bits per heavy atom. The topological polar surface area (TPSA) is 92.5 Å². The van der Waals surface area contributed by atoms with Gasteiger partial charge in [0.1, 0.15) is 5.76 Å². The summed E-state index contributed by atoms with van der Waals surface area (Å²) in [5.41, 5.74) is 0.217. The summed E-state index contributed by atoms with van der Waals surface area (Å²) in [6.45, 7) is 4.98. The van der Waals surface area contributed by atoms with Crippen molar-refractivity contribution in [3.05, 3.63) is 45.6 Å². The van der Waals surface area contributed by atoms with Gasteiger partial charge in [-0.1, -0.05) is 30.1 Å². The lowest BCUT2D eigenvalue weighted by molar-refractivity contribution is 0.0690. The molecule has 10 heteroatoms. The zero-order valence-electron chi connectivity index (χ0n) is 15.5. The molecule has 0 spiro atoms. The monoisotopic (exact) mass is 445 g/mol. The molecule has 0 atom stereocenters. The highest BCUT2D eigenvalue weighted by molar-refractivity contribution is 7.89. The van der Waals surface area contributed by atoms with Gasteiger partial charge >= 0.3 is 0 Å². The summed E-state index contributed by atoms with van der Waals surface area (Å²) < 4.78 is 32.8. The van der Waals surface area contributed by atoms with Gasteiger partial charge in [-0.2, -0.15) is 0 Å². The molecule has 28 heavy (non-hydrogen) atoms. The van der Waals surface area contributed by atoms with Crippen LogP contribution < -0.4 is 4.72 Å². The van der Waals surface area contributed by atoms with Crippen molar-refractivity contribution in [3.8, 4) is 0 Å². The first kappa shape index (κ1) is 21.1. The highest BCUT2D eigenvalue weighted by atomic mass is 35.5. The number of carbonyl (C=O) groups is 1. The van der Waals surface area contributed by atoms with Crippen LogP contribution in [0.4, 0.5) is 0 Å². The Morgan fingerprint density at radius 3 is 2.46 bits per heavy atom.